The normalized spacial score (nSPS) is 17.8. The number of ketones is 2. The van der Waals surface area contributed by atoms with Crippen LogP contribution in [0.15, 0.2) is 53.5 Å². The van der Waals surface area contributed by atoms with Crippen LogP contribution in [0.2, 0.25) is 0 Å². The molecule has 1 aliphatic carbocycles. The summed E-state index contributed by atoms with van der Waals surface area (Å²) < 4.78 is 26.1. The number of phenolic OH excluding ortho intramolecular Hbond substituents is 1. The molecule has 3 aromatic rings. The van der Waals surface area contributed by atoms with Crippen molar-refractivity contribution in [2.45, 2.75) is 46.1 Å². The van der Waals surface area contributed by atoms with Gasteiger partial charge >= 0.3 is 0 Å². The van der Waals surface area contributed by atoms with E-state index in [1.54, 1.807) is 6.07 Å². The number of hydrogen-bond acceptors (Lipinski definition) is 7. The Morgan fingerprint density at radius 3 is 2.52 bits per heavy atom. The van der Waals surface area contributed by atoms with Gasteiger partial charge in [-0.15, -0.1) is 0 Å². The average molecular weight is 546 g/mol. The molecule has 3 aromatic carbocycles. The smallest absolute Gasteiger partial charge is 0.259 e. The first-order valence-electron chi connectivity index (χ1n) is 12.8. The summed E-state index contributed by atoms with van der Waals surface area (Å²) in [5, 5.41) is 25.3. The number of hydrogen-bond donors (Lipinski definition) is 3. The molecule has 1 atom stereocenters. The Balaban J connectivity index is 1.60. The number of methoxy groups -OCH3 is 1. The molecular weight excluding hydrogens is 517 g/mol. The maximum atomic E-state index is 14.8. The number of amides is 1. The first-order valence-corrected chi connectivity index (χ1v) is 12.8. The van der Waals surface area contributed by atoms with Crippen molar-refractivity contribution in [3.8, 4) is 17.2 Å². The molecule has 40 heavy (non-hydrogen) atoms. The van der Waals surface area contributed by atoms with Crippen LogP contribution in [-0.2, 0) is 28.0 Å². The Bertz CT molecular complexity index is 1720. The van der Waals surface area contributed by atoms with Gasteiger partial charge in [0.25, 0.3) is 5.91 Å². The topological polar surface area (TPSA) is 122 Å². The number of phenols is 1. The molecule has 1 heterocycles. The fourth-order valence-corrected chi connectivity index (χ4v) is 5.61. The predicted octanol–water partition coefficient (Wildman–Crippen LogP) is 5.01. The number of carbonyl (C=O) groups excluding carboxylic acids is 3. The van der Waals surface area contributed by atoms with Crippen LogP contribution in [-0.4, -0.2) is 34.8 Å². The van der Waals surface area contributed by atoms with E-state index >= 15 is 0 Å². The standard InChI is InChI=1S/C31H28FNO7/c1-6-16-10-20(32)17-8-7-14(2)9-18(17)19(16)13-33-30(38)26-23(39-5)11-22(36)27-28(26)40-24-12-21(35)25(15(3)34)29(37)31(24,27)4/h7-12,35-36H,6,13H2,1-5H3,(H,33,38)/t31-/m1/s1. The lowest BCUT2D eigenvalue weighted by Crippen LogP contribution is -2.38. The third kappa shape index (κ3) is 3.84. The number of allylic oxidation sites excluding steroid dienone is 3. The summed E-state index contributed by atoms with van der Waals surface area (Å²) in [6.45, 7) is 6.46. The Hall–Kier alpha value is -4.66. The molecule has 1 amide bonds. The summed E-state index contributed by atoms with van der Waals surface area (Å²) in [6, 6.07) is 8.08. The number of carbonyl (C=O) groups is 3. The van der Waals surface area contributed by atoms with Crippen LogP contribution in [0.4, 0.5) is 4.39 Å². The van der Waals surface area contributed by atoms with Gasteiger partial charge in [0.15, 0.2) is 17.3 Å². The molecule has 0 radical (unpaired) electrons. The third-order valence-electron chi connectivity index (χ3n) is 7.69. The van der Waals surface area contributed by atoms with E-state index in [-0.39, 0.29) is 46.5 Å². The third-order valence-corrected chi connectivity index (χ3v) is 7.69. The van der Waals surface area contributed by atoms with Crippen molar-refractivity contribution in [1.29, 1.82) is 0 Å². The molecule has 0 unspecified atom stereocenters. The van der Waals surface area contributed by atoms with Gasteiger partial charge in [0.2, 0.25) is 0 Å². The number of aliphatic hydroxyl groups excluding tert-OH is 1. The molecule has 0 bridgehead atoms. The fraction of sp³-hybridized carbons (Fsp3) is 0.258. The van der Waals surface area contributed by atoms with Crippen LogP contribution in [0.1, 0.15) is 53.4 Å². The minimum absolute atomic E-state index is 0.0106. The van der Waals surface area contributed by atoms with Gasteiger partial charge in [0.1, 0.15) is 45.4 Å². The molecule has 0 fully saturated rings. The first kappa shape index (κ1) is 26.9. The number of halogens is 1. The van der Waals surface area contributed by atoms with Gasteiger partial charge in [-0.25, -0.2) is 4.39 Å². The molecular formula is C31H28FNO7. The monoisotopic (exact) mass is 545 g/mol. The number of rotatable bonds is 6. The lowest BCUT2D eigenvalue weighted by atomic mass is 9.71. The van der Waals surface area contributed by atoms with Gasteiger partial charge in [-0.2, -0.15) is 0 Å². The van der Waals surface area contributed by atoms with E-state index in [4.69, 9.17) is 9.47 Å². The van der Waals surface area contributed by atoms with E-state index in [0.717, 1.165) is 29.7 Å². The van der Waals surface area contributed by atoms with Crippen molar-refractivity contribution < 1.29 is 38.5 Å². The van der Waals surface area contributed by atoms with E-state index in [1.807, 2.05) is 26.0 Å². The minimum Gasteiger partial charge on any atom is -0.507 e. The van der Waals surface area contributed by atoms with Crippen LogP contribution in [0.5, 0.6) is 17.2 Å². The molecule has 2 aliphatic rings. The number of aromatic hydroxyl groups is 1. The van der Waals surface area contributed by atoms with Crippen molar-refractivity contribution in [2.75, 3.05) is 7.11 Å². The average Bonchev–Trinajstić information content (AvgIpc) is 3.20. The zero-order chi connectivity index (χ0) is 29.1. The summed E-state index contributed by atoms with van der Waals surface area (Å²) in [5.74, 6) is -3.48. The fourth-order valence-electron chi connectivity index (χ4n) is 5.61. The number of benzene rings is 3. The van der Waals surface area contributed by atoms with Gasteiger partial charge < -0.3 is 25.0 Å². The summed E-state index contributed by atoms with van der Waals surface area (Å²) in [6.07, 6.45) is 1.68. The summed E-state index contributed by atoms with van der Waals surface area (Å²) in [5.41, 5.74) is 0.257. The number of aryl methyl sites for hydroxylation is 2. The zero-order valence-electron chi connectivity index (χ0n) is 22.7. The molecule has 206 valence electrons. The maximum Gasteiger partial charge on any atom is 0.259 e. The second-order valence-corrected chi connectivity index (χ2v) is 10.1. The maximum absolute atomic E-state index is 14.8. The van der Waals surface area contributed by atoms with E-state index in [0.29, 0.717) is 17.2 Å². The van der Waals surface area contributed by atoms with Gasteiger partial charge in [-0.3, -0.25) is 14.4 Å². The van der Waals surface area contributed by atoms with Gasteiger partial charge in [-0.1, -0.05) is 30.7 Å². The molecule has 0 aromatic heterocycles. The molecule has 0 spiro atoms. The van der Waals surface area contributed by atoms with Gasteiger partial charge in [0.05, 0.1) is 12.7 Å². The van der Waals surface area contributed by atoms with Crippen molar-refractivity contribution >= 4 is 28.2 Å². The van der Waals surface area contributed by atoms with Crippen molar-refractivity contribution in [1.82, 2.24) is 5.32 Å². The highest BCUT2D eigenvalue weighted by Crippen LogP contribution is 2.56. The second kappa shape index (κ2) is 9.51. The second-order valence-electron chi connectivity index (χ2n) is 10.1. The van der Waals surface area contributed by atoms with Crippen molar-refractivity contribution in [2.24, 2.45) is 0 Å². The minimum atomic E-state index is -1.66. The van der Waals surface area contributed by atoms with E-state index < -0.39 is 34.2 Å². The number of aliphatic hydroxyl groups is 1. The van der Waals surface area contributed by atoms with Gasteiger partial charge in [0, 0.05) is 24.1 Å². The Kier molecular flexibility index (Phi) is 6.40. The predicted molar refractivity (Wildman–Crippen MR) is 145 cm³/mol. The lowest BCUT2D eigenvalue weighted by molar-refractivity contribution is -0.123. The van der Waals surface area contributed by atoms with Crippen molar-refractivity contribution in [3.05, 3.63) is 87.1 Å². The largest absolute Gasteiger partial charge is 0.507 e. The highest BCUT2D eigenvalue weighted by molar-refractivity contribution is 6.25. The SMILES string of the molecule is CCc1cc(F)c2ccc(C)cc2c1CNC(=O)c1c(OC)cc(O)c2c1OC1=CC(O)=C(C(C)=O)C(=O)[C@]12C. The highest BCUT2D eigenvalue weighted by atomic mass is 19.1. The zero-order valence-corrected chi connectivity index (χ0v) is 22.7. The van der Waals surface area contributed by atoms with Crippen LogP contribution in [0.25, 0.3) is 10.8 Å². The molecule has 8 nitrogen and oxygen atoms in total. The quantitative estimate of drug-likeness (QED) is 0.372. The van der Waals surface area contributed by atoms with E-state index in [1.165, 1.54) is 26.2 Å². The summed E-state index contributed by atoms with van der Waals surface area (Å²) >= 11 is 0. The first-order chi connectivity index (χ1) is 18.9. The Labute approximate surface area is 229 Å². The van der Waals surface area contributed by atoms with Crippen LogP contribution in [0.3, 0.4) is 0 Å². The molecule has 0 saturated heterocycles. The Morgan fingerprint density at radius 1 is 1.15 bits per heavy atom. The van der Waals surface area contributed by atoms with E-state index in [9.17, 15) is 29.0 Å². The number of nitrogens with one attached hydrogen (secondary N) is 1. The van der Waals surface area contributed by atoms with Crippen molar-refractivity contribution in [3.63, 3.8) is 0 Å². The number of fused-ring (bicyclic) bond motifs is 4. The lowest BCUT2D eigenvalue weighted by Gasteiger charge is -2.27. The molecule has 0 saturated carbocycles. The highest BCUT2D eigenvalue weighted by Gasteiger charge is 2.55. The van der Waals surface area contributed by atoms with Gasteiger partial charge in [-0.05, 0) is 49.8 Å². The molecule has 9 heteroatoms. The summed E-state index contributed by atoms with van der Waals surface area (Å²) in [7, 11) is 1.32. The molecule has 1 aliphatic heterocycles. The molecule has 5 rings (SSSR count). The van der Waals surface area contributed by atoms with Crippen LogP contribution >= 0.6 is 0 Å². The number of ether oxygens (including phenoxy) is 2. The molecule has 3 N–H and O–H groups in total. The number of Topliss-reactive ketones (excluding diaryl/α,β-unsaturated/α-hetero) is 2. The Morgan fingerprint density at radius 2 is 1.88 bits per heavy atom. The summed E-state index contributed by atoms with van der Waals surface area (Å²) in [4.78, 5) is 39.3. The van der Waals surface area contributed by atoms with Crippen LogP contribution < -0.4 is 14.8 Å². The van der Waals surface area contributed by atoms with Crippen LogP contribution in [0, 0.1) is 12.7 Å². The van der Waals surface area contributed by atoms with E-state index in [2.05, 4.69) is 5.32 Å².